The molecule has 0 spiro atoms. The van der Waals surface area contributed by atoms with Crippen molar-refractivity contribution in [1.82, 2.24) is 20.3 Å². The predicted molar refractivity (Wildman–Crippen MR) is 110 cm³/mol. The number of hydrogen-bond acceptors (Lipinski definition) is 4. The standard InChI is InChI=1S/C22H18FN5O2/c23-16-3-1-2-13(10-16)11-19(20(24)29)28-22(30)15-4-5-17-18(12-15)27-21(26-17)14-6-8-25-9-7-14/h1-10,12,19H,11H2,(H2,24,29)(H,26,27)(H,28,30). The first kappa shape index (κ1) is 19.3. The molecule has 2 aromatic heterocycles. The first-order chi connectivity index (χ1) is 14.5. The summed E-state index contributed by atoms with van der Waals surface area (Å²) >= 11 is 0. The van der Waals surface area contributed by atoms with Crippen LogP contribution in [0.2, 0.25) is 0 Å². The van der Waals surface area contributed by atoms with Gasteiger partial charge in [0.05, 0.1) is 11.0 Å². The molecule has 2 heterocycles. The van der Waals surface area contributed by atoms with Gasteiger partial charge in [0, 0.05) is 29.9 Å². The van der Waals surface area contributed by atoms with Gasteiger partial charge in [-0.3, -0.25) is 14.6 Å². The molecule has 4 N–H and O–H groups in total. The Hall–Kier alpha value is -4.07. The van der Waals surface area contributed by atoms with Crippen molar-refractivity contribution in [3.8, 4) is 11.4 Å². The zero-order valence-electron chi connectivity index (χ0n) is 15.8. The molecule has 7 nitrogen and oxygen atoms in total. The summed E-state index contributed by atoms with van der Waals surface area (Å²) in [6, 6.07) is 13.5. The lowest BCUT2D eigenvalue weighted by Crippen LogP contribution is -2.45. The minimum atomic E-state index is -0.968. The van der Waals surface area contributed by atoms with Gasteiger partial charge >= 0.3 is 0 Å². The number of carbonyl (C=O) groups excluding carboxylic acids is 2. The van der Waals surface area contributed by atoms with Crippen molar-refractivity contribution in [2.45, 2.75) is 12.5 Å². The number of benzene rings is 2. The van der Waals surface area contributed by atoms with E-state index in [0.29, 0.717) is 28.0 Å². The molecule has 4 rings (SSSR count). The number of rotatable bonds is 6. The number of primary amides is 1. The van der Waals surface area contributed by atoms with E-state index in [0.717, 1.165) is 5.56 Å². The third kappa shape index (κ3) is 4.17. The van der Waals surface area contributed by atoms with Gasteiger partial charge in [-0.25, -0.2) is 9.37 Å². The summed E-state index contributed by atoms with van der Waals surface area (Å²) in [5.41, 5.74) is 8.59. The number of nitrogens with zero attached hydrogens (tertiary/aromatic N) is 2. The van der Waals surface area contributed by atoms with Gasteiger partial charge in [-0.1, -0.05) is 12.1 Å². The van der Waals surface area contributed by atoms with Crippen molar-refractivity contribution in [2.24, 2.45) is 5.73 Å². The average molecular weight is 403 g/mol. The van der Waals surface area contributed by atoms with E-state index < -0.39 is 23.7 Å². The maximum absolute atomic E-state index is 13.4. The molecule has 1 unspecified atom stereocenters. The van der Waals surface area contributed by atoms with Gasteiger partial charge in [0.25, 0.3) is 5.91 Å². The largest absolute Gasteiger partial charge is 0.368 e. The number of amides is 2. The Kier molecular flexibility index (Phi) is 5.21. The number of imidazole rings is 1. The lowest BCUT2D eigenvalue weighted by atomic mass is 10.0. The Morgan fingerprint density at radius 2 is 1.90 bits per heavy atom. The number of fused-ring (bicyclic) bond motifs is 1. The Morgan fingerprint density at radius 1 is 1.10 bits per heavy atom. The molecule has 0 saturated heterocycles. The Labute approximate surface area is 171 Å². The van der Waals surface area contributed by atoms with Crippen molar-refractivity contribution in [3.05, 3.63) is 83.9 Å². The predicted octanol–water partition coefficient (Wildman–Crippen LogP) is 2.59. The van der Waals surface area contributed by atoms with Gasteiger partial charge < -0.3 is 16.0 Å². The minimum absolute atomic E-state index is 0.0946. The van der Waals surface area contributed by atoms with Crippen LogP contribution in [0.4, 0.5) is 4.39 Å². The molecular weight excluding hydrogens is 385 g/mol. The Bertz CT molecular complexity index is 1220. The summed E-state index contributed by atoms with van der Waals surface area (Å²) in [7, 11) is 0. The summed E-state index contributed by atoms with van der Waals surface area (Å²) in [5, 5.41) is 2.63. The molecule has 0 radical (unpaired) electrons. The highest BCUT2D eigenvalue weighted by molar-refractivity contribution is 6.00. The first-order valence-corrected chi connectivity index (χ1v) is 9.24. The Morgan fingerprint density at radius 3 is 2.63 bits per heavy atom. The second kappa shape index (κ2) is 8.12. The summed E-state index contributed by atoms with van der Waals surface area (Å²) in [4.78, 5) is 36.2. The molecule has 1 atom stereocenters. The fourth-order valence-corrected chi connectivity index (χ4v) is 3.16. The van der Waals surface area contributed by atoms with Crippen molar-refractivity contribution in [3.63, 3.8) is 0 Å². The molecule has 2 amide bonds. The van der Waals surface area contributed by atoms with Crippen LogP contribution in [-0.2, 0) is 11.2 Å². The summed E-state index contributed by atoms with van der Waals surface area (Å²) < 4.78 is 13.4. The molecule has 0 aliphatic carbocycles. The smallest absolute Gasteiger partial charge is 0.252 e. The zero-order chi connectivity index (χ0) is 21.1. The average Bonchev–Trinajstić information content (AvgIpc) is 3.17. The molecule has 4 aromatic rings. The van der Waals surface area contributed by atoms with Crippen molar-refractivity contribution in [2.75, 3.05) is 0 Å². The van der Waals surface area contributed by atoms with E-state index in [2.05, 4.69) is 20.3 Å². The van der Waals surface area contributed by atoms with Crippen LogP contribution < -0.4 is 11.1 Å². The van der Waals surface area contributed by atoms with Crippen LogP contribution >= 0.6 is 0 Å². The lowest BCUT2D eigenvalue weighted by Gasteiger charge is -2.15. The fourth-order valence-electron chi connectivity index (χ4n) is 3.16. The highest BCUT2D eigenvalue weighted by Gasteiger charge is 2.20. The molecule has 2 aromatic carbocycles. The van der Waals surface area contributed by atoms with Crippen LogP contribution in [0.1, 0.15) is 15.9 Å². The van der Waals surface area contributed by atoms with Crippen LogP contribution in [0, 0.1) is 5.82 Å². The fraction of sp³-hybridized carbons (Fsp3) is 0.0909. The van der Waals surface area contributed by atoms with Crippen molar-refractivity contribution >= 4 is 22.8 Å². The highest BCUT2D eigenvalue weighted by atomic mass is 19.1. The van der Waals surface area contributed by atoms with Crippen LogP contribution in [-0.4, -0.2) is 32.8 Å². The number of hydrogen-bond donors (Lipinski definition) is 3. The third-order valence-electron chi connectivity index (χ3n) is 4.68. The molecule has 0 aliphatic heterocycles. The van der Waals surface area contributed by atoms with Gasteiger partial charge in [0.15, 0.2) is 0 Å². The monoisotopic (exact) mass is 403 g/mol. The van der Waals surface area contributed by atoms with Crippen LogP contribution in [0.25, 0.3) is 22.4 Å². The van der Waals surface area contributed by atoms with Gasteiger partial charge in [-0.05, 0) is 48.0 Å². The number of H-pyrrole nitrogens is 1. The summed E-state index contributed by atoms with van der Waals surface area (Å²) in [6.07, 6.45) is 3.44. The quantitative estimate of drug-likeness (QED) is 0.459. The van der Waals surface area contributed by atoms with Crippen molar-refractivity contribution in [1.29, 1.82) is 0 Å². The molecule has 8 heteroatoms. The maximum atomic E-state index is 13.4. The number of nitrogens with two attached hydrogens (primary N) is 1. The second-order valence-corrected chi connectivity index (χ2v) is 6.82. The number of nitrogens with one attached hydrogen (secondary N) is 2. The highest BCUT2D eigenvalue weighted by Crippen LogP contribution is 2.21. The molecule has 0 fully saturated rings. The SMILES string of the molecule is NC(=O)C(Cc1cccc(F)c1)NC(=O)c1ccc2nc(-c3ccncc3)[nH]c2c1. The normalized spacial score (nSPS) is 11.9. The van der Waals surface area contributed by atoms with E-state index in [4.69, 9.17) is 5.73 Å². The Balaban J connectivity index is 1.54. The van der Waals surface area contributed by atoms with Crippen LogP contribution in [0.5, 0.6) is 0 Å². The van der Waals surface area contributed by atoms with Crippen molar-refractivity contribution < 1.29 is 14.0 Å². The second-order valence-electron chi connectivity index (χ2n) is 6.82. The maximum Gasteiger partial charge on any atom is 0.252 e. The zero-order valence-corrected chi connectivity index (χ0v) is 15.8. The number of aromatic nitrogens is 3. The number of aromatic amines is 1. The number of pyridine rings is 1. The van der Waals surface area contributed by atoms with Crippen LogP contribution in [0.15, 0.2) is 67.0 Å². The molecule has 30 heavy (non-hydrogen) atoms. The molecule has 150 valence electrons. The number of carbonyl (C=O) groups is 2. The minimum Gasteiger partial charge on any atom is -0.368 e. The van der Waals surface area contributed by atoms with E-state index in [1.165, 1.54) is 18.2 Å². The van der Waals surface area contributed by atoms with Gasteiger partial charge in [-0.2, -0.15) is 0 Å². The molecular formula is C22H18FN5O2. The summed E-state index contributed by atoms with van der Waals surface area (Å²) in [5.74, 6) is -0.921. The summed E-state index contributed by atoms with van der Waals surface area (Å²) in [6.45, 7) is 0. The van der Waals surface area contributed by atoms with Crippen LogP contribution in [0.3, 0.4) is 0 Å². The van der Waals surface area contributed by atoms with E-state index in [1.807, 2.05) is 12.1 Å². The molecule has 0 aliphatic rings. The van der Waals surface area contributed by atoms with Gasteiger partial charge in [0.2, 0.25) is 5.91 Å². The van der Waals surface area contributed by atoms with Gasteiger partial charge in [0.1, 0.15) is 17.7 Å². The lowest BCUT2D eigenvalue weighted by molar-refractivity contribution is -0.119. The van der Waals surface area contributed by atoms with E-state index in [9.17, 15) is 14.0 Å². The van der Waals surface area contributed by atoms with E-state index in [-0.39, 0.29) is 6.42 Å². The molecule has 0 bridgehead atoms. The van der Waals surface area contributed by atoms with E-state index >= 15 is 0 Å². The first-order valence-electron chi connectivity index (χ1n) is 9.24. The molecule has 0 saturated carbocycles. The van der Waals surface area contributed by atoms with E-state index in [1.54, 1.807) is 36.7 Å². The van der Waals surface area contributed by atoms with Gasteiger partial charge in [-0.15, -0.1) is 0 Å². The number of halogens is 1. The topological polar surface area (TPSA) is 114 Å². The third-order valence-corrected chi connectivity index (χ3v) is 4.68.